The molecule has 2 heteroatoms. The van der Waals surface area contributed by atoms with Crippen molar-refractivity contribution in [3.8, 4) is 0 Å². The van der Waals surface area contributed by atoms with Crippen LogP contribution in [-0.4, -0.2) is 5.33 Å². The van der Waals surface area contributed by atoms with Crippen molar-refractivity contribution in [2.75, 3.05) is 5.33 Å². The highest BCUT2D eigenvalue weighted by atomic mass is 79.9. The first-order valence-corrected chi connectivity index (χ1v) is 9.04. The molecule has 20 heavy (non-hydrogen) atoms. The van der Waals surface area contributed by atoms with Crippen LogP contribution in [0.15, 0.2) is 59.1 Å². The van der Waals surface area contributed by atoms with Crippen LogP contribution in [0.1, 0.15) is 23.5 Å². The van der Waals surface area contributed by atoms with Crippen molar-refractivity contribution in [3.05, 3.63) is 70.2 Å². The fraction of sp³-hybridized carbons (Fsp3) is 0.333. The summed E-state index contributed by atoms with van der Waals surface area (Å²) >= 11 is 7.28. The maximum atomic E-state index is 3.72. The Morgan fingerprint density at radius 1 is 1.05 bits per heavy atom. The second-order valence-corrected chi connectivity index (χ2v) is 7.23. The zero-order valence-corrected chi connectivity index (χ0v) is 14.5. The lowest BCUT2D eigenvalue weighted by atomic mass is 9.94. The van der Waals surface area contributed by atoms with Crippen LogP contribution in [0.3, 0.4) is 0 Å². The average molecular weight is 394 g/mol. The third-order valence-electron chi connectivity index (χ3n) is 4.26. The van der Waals surface area contributed by atoms with Crippen molar-refractivity contribution in [2.24, 2.45) is 11.8 Å². The molecule has 3 rings (SSSR count). The molecule has 3 atom stereocenters. The molecule has 0 saturated heterocycles. The highest BCUT2D eigenvalue weighted by molar-refractivity contribution is 9.10. The highest BCUT2D eigenvalue weighted by Crippen LogP contribution is 2.53. The third-order valence-corrected chi connectivity index (χ3v) is 5.58. The summed E-state index contributed by atoms with van der Waals surface area (Å²) in [4.78, 5) is 0. The molecule has 1 aliphatic carbocycles. The second-order valence-electron chi connectivity index (χ2n) is 5.67. The summed E-state index contributed by atoms with van der Waals surface area (Å²) in [6, 6.07) is 19.7. The van der Waals surface area contributed by atoms with Gasteiger partial charge in [0.2, 0.25) is 0 Å². The molecule has 104 valence electrons. The smallest absolute Gasteiger partial charge is 0.0177 e. The Morgan fingerprint density at radius 3 is 2.55 bits per heavy atom. The van der Waals surface area contributed by atoms with Crippen LogP contribution in [0.2, 0.25) is 0 Å². The van der Waals surface area contributed by atoms with Gasteiger partial charge in [-0.1, -0.05) is 74.3 Å². The Hall–Kier alpha value is -0.600. The minimum absolute atomic E-state index is 0.731. The lowest BCUT2D eigenvalue weighted by molar-refractivity contribution is 0.507. The van der Waals surface area contributed by atoms with Crippen LogP contribution in [0.4, 0.5) is 0 Å². The first-order chi connectivity index (χ1) is 9.78. The van der Waals surface area contributed by atoms with Gasteiger partial charge < -0.3 is 0 Å². The van der Waals surface area contributed by atoms with Crippen LogP contribution in [0.25, 0.3) is 0 Å². The van der Waals surface area contributed by atoms with Gasteiger partial charge in [-0.3, -0.25) is 0 Å². The van der Waals surface area contributed by atoms with E-state index in [2.05, 4.69) is 86.5 Å². The van der Waals surface area contributed by atoms with Crippen molar-refractivity contribution >= 4 is 31.9 Å². The SMILES string of the molecule is BrCC(Cc1cccc(Br)c1)C1CC1c1ccccc1. The lowest BCUT2D eigenvalue weighted by Gasteiger charge is -2.14. The van der Waals surface area contributed by atoms with Gasteiger partial charge in [-0.05, 0) is 53.9 Å². The number of rotatable bonds is 5. The molecular weight excluding hydrogens is 376 g/mol. The van der Waals surface area contributed by atoms with Crippen LogP contribution in [0.5, 0.6) is 0 Å². The van der Waals surface area contributed by atoms with Gasteiger partial charge in [-0.2, -0.15) is 0 Å². The van der Waals surface area contributed by atoms with Gasteiger partial charge in [0.05, 0.1) is 0 Å². The fourth-order valence-electron chi connectivity index (χ4n) is 3.11. The standard InChI is InChI=1S/C18H18Br2/c19-12-15(9-13-5-4-8-16(20)10-13)18-11-17(18)14-6-2-1-3-7-14/h1-8,10,15,17-18H,9,11-12H2. The van der Waals surface area contributed by atoms with Crippen LogP contribution in [0, 0.1) is 11.8 Å². The summed E-state index contributed by atoms with van der Waals surface area (Å²) in [5.74, 6) is 2.33. The maximum Gasteiger partial charge on any atom is 0.0177 e. The third kappa shape index (κ3) is 3.35. The largest absolute Gasteiger partial charge is 0.0925 e. The number of halogens is 2. The van der Waals surface area contributed by atoms with Crippen LogP contribution >= 0.6 is 31.9 Å². The number of benzene rings is 2. The molecule has 0 spiro atoms. The maximum absolute atomic E-state index is 3.72. The molecule has 1 saturated carbocycles. The van der Waals surface area contributed by atoms with Crippen molar-refractivity contribution in [3.63, 3.8) is 0 Å². The molecule has 2 aromatic carbocycles. The van der Waals surface area contributed by atoms with E-state index in [1.807, 2.05) is 0 Å². The van der Waals surface area contributed by atoms with Crippen molar-refractivity contribution in [1.29, 1.82) is 0 Å². The number of hydrogen-bond donors (Lipinski definition) is 0. The van der Waals surface area contributed by atoms with Crippen LogP contribution < -0.4 is 0 Å². The minimum Gasteiger partial charge on any atom is -0.0925 e. The molecule has 3 unspecified atom stereocenters. The van der Waals surface area contributed by atoms with Gasteiger partial charge in [0, 0.05) is 9.80 Å². The molecule has 0 amide bonds. The Kier molecular flexibility index (Phi) is 4.62. The molecule has 0 bridgehead atoms. The topological polar surface area (TPSA) is 0 Å². The number of alkyl halides is 1. The van der Waals surface area contributed by atoms with Gasteiger partial charge >= 0.3 is 0 Å². The summed E-state index contributed by atoms with van der Waals surface area (Å²) in [6.45, 7) is 0. The van der Waals surface area contributed by atoms with E-state index in [-0.39, 0.29) is 0 Å². The highest BCUT2D eigenvalue weighted by Gasteiger charge is 2.42. The molecule has 1 aliphatic rings. The quantitative estimate of drug-likeness (QED) is 0.562. The zero-order valence-electron chi connectivity index (χ0n) is 11.3. The molecule has 0 aliphatic heterocycles. The molecule has 0 aromatic heterocycles. The Bertz CT molecular complexity index is 565. The van der Waals surface area contributed by atoms with E-state index in [1.165, 1.54) is 28.4 Å². The lowest BCUT2D eigenvalue weighted by Crippen LogP contribution is -2.10. The summed E-state index contributed by atoms with van der Waals surface area (Å²) in [7, 11) is 0. The van der Waals surface area contributed by atoms with E-state index >= 15 is 0 Å². The van der Waals surface area contributed by atoms with E-state index in [0.717, 1.165) is 23.1 Å². The molecular formula is C18H18Br2. The fourth-order valence-corrected chi connectivity index (χ4v) is 4.26. The Morgan fingerprint density at radius 2 is 1.85 bits per heavy atom. The van der Waals surface area contributed by atoms with Crippen molar-refractivity contribution in [1.82, 2.24) is 0 Å². The molecule has 0 N–H and O–H groups in total. The molecule has 1 fully saturated rings. The van der Waals surface area contributed by atoms with Gasteiger partial charge in [0.25, 0.3) is 0 Å². The van der Waals surface area contributed by atoms with Gasteiger partial charge in [0.1, 0.15) is 0 Å². The predicted octanol–water partition coefficient (Wildman–Crippen LogP) is 5.81. The summed E-state index contributed by atoms with van der Waals surface area (Å²) in [5, 5.41) is 1.09. The summed E-state index contributed by atoms with van der Waals surface area (Å²) in [5.41, 5.74) is 2.94. The van der Waals surface area contributed by atoms with Crippen molar-refractivity contribution in [2.45, 2.75) is 18.8 Å². The van der Waals surface area contributed by atoms with E-state index < -0.39 is 0 Å². The molecule has 0 heterocycles. The van der Waals surface area contributed by atoms with Crippen LogP contribution in [-0.2, 0) is 6.42 Å². The normalized spacial score (nSPS) is 22.5. The van der Waals surface area contributed by atoms with E-state index in [4.69, 9.17) is 0 Å². The zero-order chi connectivity index (χ0) is 13.9. The van der Waals surface area contributed by atoms with E-state index in [0.29, 0.717) is 0 Å². The summed E-state index contributed by atoms with van der Waals surface area (Å²) < 4.78 is 1.18. The Balaban J connectivity index is 1.67. The first-order valence-electron chi connectivity index (χ1n) is 7.13. The molecule has 0 radical (unpaired) electrons. The van der Waals surface area contributed by atoms with Gasteiger partial charge in [-0.15, -0.1) is 0 Å². The second kappa shape index (κ2) is 6.44. The number of hydrogen-bond acceptors (Lipinski definition) is 0. The average Bonchev–Trinajstić information content (AvgIpc) is 3.26. The summed E-state index contributed by atoms with van der Waals surface area (Å²) in [6.07, 6.45) is 2.51. The minimum atomic E-state index is 0.731. The molecule has 0 nitrogen and oxygen atoms in total. The molecule has 2 aromatic rings. The predicted molar refractivity (Wildman–Crippen MR) is 92.4 cm³/mol. The van der Waals surface area contributed by atoms with E-state index in [9.17, 15) is 0 Å². The van der Waals surface area contributed by atoms with Gasteiger partial charge in [-0.25, -0.2) is 0 Å². The van der Waals surface area contributed by atoms with Crippen molar-refractivity contribution < 1.29 is 0 Å². The Labute approximate surface area is 137 Å². The first kappa shape index (κ1) is 14.3. The van der Waals surface area contributed by atoms with Gasteiger partial charge in [0.15, 0.2) is 0 Å². The van der Waals surface area contributed by atoms with E-state index in [1.54, 1.807) is 0 Å². The monoisotopic (exact) mass is 392 g/mol.